The number of aliphatic hydroxyl groups is 2. The van der Waals surface area contributed by atoms with Crippen LogP contribution in [0.15, 0.2) is 60.7 Å². The minimum atomic E-state index is -1.15. The Kier molecular flexibility index (Phi) is 6.01. The number of rotatable bonds is 6. The Balaban J connectivity index is 1.50. The number of aliphatic hydroxyl groups excluding tert-OH is 2. The fourth-order valence-electron chi connectivity index (χ4n) is 4.02. The Morgan fingerprint density at radius 3 is 1.48 bits per heavy atom. The minimum absolute atomic E-state index is 0.303. The molecule has 0 bridgehead atoms. The van der Waals surface area contributed by atoms with Crippen LogP contribution in [-0.4, -0.2) is 52.6 Å². The van der Waals surface area contributed by atoms with Crippen molar-refractivity contribution >= 4 is 0 Å². The van der Waals surface area contributed by atoms with Crippen LogP contribution in [0.3, 0.4) is 0 Å². The summed E-state index contributed by atoms with van der Waals surface area (Å²) in [5, 5.41) is 21.6. The van der Waals surface area contributed by atoms with Crippen molar-refractivity contribution < 1.29 is 29.2 Å². The molecule has 0 unspecified atom stereocenters. The van der Waals surface area contributed by atoms with E-state index in [4.69, 9.17) is 18.9 Å². The van der Waals surface area contributed by atoms with Crippen molar-refractivity contribution in [1.82, 2.24) is 0 Å². The summed E-state index contributed by atoms with van der Waals surface area (Å²) >= 11 is 0. The first-order valence-corrected chi connectivity index (χ1v) is 9.97. The summed E-state index contributed by atoms with van der Waals surface area (Å²) in [6.45, 7) is 4.23. The summed E-state index contributed by atoms with van der Waals surface area (Å²) in [4.78, 5) is 0. The summed E-state index contributed by atoms with van der Waals surface area (Å²) in [6, 6.07) is 19.4. The largest absolute Gasteiger partial charge is 0.387 e. The van der Waals surface area contributed by atoms with Gasteiger partial charge >= 0.3 is 0 Å². The zero-order valence-electron chi connectivity index (χ0n) is 16.7. The van der Waals surface area contributed by atoms with Gasteiger partial charge in [-0.15, -0.1) is 0 Å². The van der Waals surface area contributed by atoms with Gasteiger partial charge in [-0.1, -0.05) is 60.7 Å². The van der Waals surface area contributed by atoms with Crippen LogP contribution >= 0.6 is 0 Å². The molecule has 29 heavy (non-hydrogen) atoms. The molecular weight excluding hydrogens is 372 g/mol. The lowest BCUT2D eigenvalue weighted by molar-refractivity contribution is -0.223. The van der Waals surface area contributed by atoms with E-state index < -0.39 is 42.4 Å². The lowest BCUT2D eigenvalue weighted by Gasteiger charge is -2.43. The van der Waals surface area contributed by atoms with Crippen LogP contribution < -0.4 is 0 Å². The Bertz CT molecular complexity index is 715. The molecule has 6 nitrogen and oxygen atoms in total. The maximum atomic E-state index is 10.8. The van der Waals surface area contributed by atoms with E-state index in [0.717, 1.165) is 11.1 Å². The van der Waals surface area contributed by atoms with Gasteiger partial charge in [-0.2, -0.15) is 0 Å². The van der Waals surface area contributed by atoms with Gasteiger partial charge in [-0.05, 0) is 25.0 Å². The molecule has 4 rings (SSSR count). The highest BCUT2D eigenvalue weighted by atomic mass is 16.8. The van der Waals surface area contributed by atoms with Gasteiger partial charge in [0.2, 0.25) is 0 Å². The van der Waals surface area contributed by atoms with Crippen molar-refractivity contribution in [2.75, 3.05) is 0 Å². The third kappa shape index (κ3) is 4.53. The molecule has 2 aromatic carbocycles. The van der Waals surface area contributed by atoms with Gasteiger partial charge in [0.25, 0.3) is 0 Å². The molecule has 1 aliphatic carbocycles. The molecule has 0 amide bonds. The van der Waals surface area contributed by atoms with E-state index in [1.807, 2.05) is 74.5 Å². The SMILES string of the molecule is CC1(C)O[C@H]2[C@H](O1)[C@@H](OCc1ccccc1)[C@H](O)[C@H](O)[C@H]2OCc1ccccc1. The molecule has 2 fully saturated rings. The van der Waals surface area contributed by atoms with Gasteiger partial charge in [0.15, 0.2) is 5.79 Å². The fraction of sp³-hybridized carbons (Fsp3) is 0.478. The van der Waals surface area contributed by atoms with Gasteiger partial charge < -0.3 is 29.2 Å². The second kappa shape index (κ2) is 8.52. The Morgan fingerprint density at radius 1 is 0.724 bits per heavy atom. The highest BCUT2D eigenvalue weighted by Crippen LogP contribution is 2.40. The summed E-state index contributed by atoms with van der Waals surface area (Å²) in [7, 11) is 0. The summed E-state index contributed by atoms with van der Waals surface area (Å²) in [6.07, 6.45) is -4.86. The average molecular weight is 400 g/mol. The molecule has 1 saturated heterocycles. The predicted octanol–water partition coefficient (Wildman–Crippen LogP) is 2.41. The van der Waals surface area contributed by atoms with Crippen molar-refractivity contribution in [1.29, 1.82) is 0 Å². The van der Waals surface area contributed by atoms with E-state index in [9.17, 15) is 10.2 Å². The molecule has 0 radical (unpaired) electrons. The Hall–Kier alpha value is -1.80. The molecule has 1 saturated carbocycles. The van der Waals surface area contributed by atoms with Gasteiger partial charge in [0.05, 0.1) is 13.2 Å². The summed E-state index contributed by atoms with van der Waals surface area (Å²) in [5.41, 5.74) is 1.96. The van der Waals surface area contributed by atoms with Crippen LogP contribution in [0.25, 0.3) is 0 Å². The molecular formula is C23H28O6. The summed E-state index contributed by atoms with van der Waals surface area (Å²) in [5.74, 6) is -0.859. The van der Waals surface area contributed by atoms with E-state index in [0.29, 0.717) is 13.2 Å². The molecule has 156 valence electrons. The van der Waals surface area contributed by atoms with E-state index in [-0.39, 0.29) is 0 Å². The fourth-order valence-corrected chi connectivity index (χ4v) is 4.02. The maximum absolute atomic E-state index is 10.8. The lowest BCUT2D eigenvalue weighted by atomic mass is 9.84. The van der Waals surface area contributed by atoms with Crippen LogP contribution in [0.2, 0.25) is 0 Å². The summed E-state index contributed by atoms with van der Waals surface area (Å²) < 4.78 is 24.1. The quantitative estimate of drug-likeness (QED) is 0.776. The molecule has 1 aliphatic heterocycles. The first-order chi connectivity index (χ1) is 13.9. The zero-order chi connectivity index (χ0) is 20.4. The van der Waals surface area contributed by atoms with E-state index in [2.05, 4.69) is 0 Å². The molecule has 2 aromatic rings. The zero-order valence-corrected chi connectivity index (χ0v) is 16.7. The molecule has 0 aromatic heterocycles. The van der Waals surface area contributed by atoms with Crippen LogP contribution in [0.5, 0.6) is 0 Å². The number of fused-ring (bicyclic) bond motifs is 1. The van der Waals surface area contributed by atoms with Crippen molar-refractivity contribution in [2.24, 2.45) is 0 Å². The molecule has 2 N–H and O–H groups in total. The minimum Gasteiger partial charge on any atom is -0.387 e. The number of hydrogen-bond donors (Lipinski definition) is 2. The van der Waals surface area contributed by atoms with Gasteiger partial charge in [-0.25, -0.2) is 0 Å². The number of benzene rings is 2. The molecule has 1 heterocycles. The van der Waals surface area contributed by atoms with E-state index in [1.165, 1.54) is 0 Å². The Morgan fingerprint density at radius 2 is 1.10 bits per heavy atom. The van der Waals surface area contributed by atoms with Crippen molar-refractivity contribution in [3.8, 4) is 0 Å². The van der Waals surface area contributed by atoms with Crippen molar-refractivity contribution in [3.63, 3.8) is 0 Å². The van der Waals surface area contributed by atoms with Crippen molar-refractivity contribution in [3.05, 3.63) is 71.8 Å². The third-order valence-corrected chi connectivity index (χ3v) is 5.40. The van der Waals surface area contributed by atoms with Crippen molar-refractivity contribution in [2.45, 2.75) is 69.5 Å². The average Bonchev–Trinajstić information content (AvgIpc) is 3.04. The predicted molar refractivity (Wildman–Crippen MR) is 106 cm³/mol. The molecule has 2 aliphatic rings. The Labute approximate surface area is 171 Å². The first-order valence-electron chi connectivity index (χ1n) is 9.97. The van der Waals surface area contributed by atoms with E-state index in [1.54, 1.807) is 0 Å². The second-order valence-electron chi connectivity index (χ2n) is 8.07. The van der Waals surface area contributed by atoms with Crippen LogP contribution in [-0.2, 0) is 32.2 Å². The van der Waals surface area contributed by atoms with Crippen LogP contribution in [0.1, 0.15) is 25.0 Å². The highest BCUT2D eigenvalue weighted by Gasteiger charge is 2.58. The van der Waals surface area contributed by atoms with Crippen LogP contribution in [0.4, 0.5) is 0 Å². The van der Waals surface area contributed by atoms with Gasteiger partial charge in [0, 0.05) is 0 Å². The molecule has 0 spiro atoms. The lowest BCUT2D eigenvalue weighted by Crippen LogP contribution is -2.63. The topological polar surface area (TPSA) is 77.4 Å². The molecule has 6 atom stereocenters. The monoisotopic (exact) mass is 400 g/mol. The molecule has 6 heteroatoms. The van der Waals surface area contributed by atoms with Gasteiger partial charge in [-0.3, -0.25) is 0 Å². The number of ether oxygens (including phenoxy) is 4. The maximum Gasteiger partial charge on any atom is 0.164 e. The normalized spacial score (nSPS) is 33.4. The number of hydrogen-bond acceptors (Lipinski definition) is 6. The smallest absolute Gasteiger partial charge is 0.164 e. The van der Waals surface area contributed by atoms with E-state index >= 15 is 0 Å². The van der Waals surface area contributed by atoms with Crippen LogP contribution in [0, 0.1) is 0 Å². The highest BCUT2D eigenvalue weighted by molar-refractivity contribution is 5.15. The third-order valence-electron chi connectivity index (χ3n) is 5.40. The first kappa shape index (κ1) is 20.5. The van der Waals surface area contributed by atoms with Gasteiger partial charge in [0.1, 0.15) is 36.6 Å². The standard InChI is InChI=1S/C23H28O6/c1-23(2)28-21-19(26-13-15-9-5-3-6-10-15)17(24)18(25)20(22(21)29-23)27-14-16-11-7-4-8-12-16/h3-12,17-22,24-25H,13-14H2,1-2H3/t17-,18+,19+,20-,21-,22-/m1/s1. The second-order valence-corrected chi connectivity index (χ2v) is 8.07.